The van der Waals surface area contributed by atoms with Crippen LogP contribution in [0.15, 0.2) is 46.0 Å². The summed E-state index contributed by atoms with van der Waals surface area (Å²) in [7, 11) is 0. The summed E-state index contributed by atoms with van der Waals surface area (Å²) in [6.45, 7) is 6.66. The van der Waals surface area contributed by atoms with Crippen molar-refractivity contribution in [2.45, 2.75) is 52.6 Å². The number of thioether (sulfide) groups is 1. The topological polar surface area (TPSA) is 57.1 Å². The molecule has 1 aromatic carbocycles. The molecule has 0 fully saturated rings. The number of carbonyl (C=O) groups excluding carboxylic acids is 1. The molecular formula is C22H28N4OS. The van der Waals surface area contributed by atoms with Crippen molar-refractivity contribution in [3.05, 3.63) is 46.5 Å². The second-order valence-corrected chi connectivity index (χ2v) is 9.03. The van der Waals surface area contributed by atoms with Gasteiger partial charge in [-0.25, -0.2) is 5.01 Å². The molecule has 1 aliphatic carbocycles. The molecular weight excluding hydrogens is 368 g/mol. The lowest BCUT2D eigenvalue weighted by molar-refractivity contribution is -0.116. The number of amidine groups is 1. The maximum Gasteiger partial charge on any atom is 0.276 e. The van der Waals surface area contributed by atoms with Crippen LogP contribution in [0.4, 0.5) is 0 Å². The number of amides is 1. The van der Waals surface area contributed by atoms with E-state index >= 15 is 0 Å². The van der Waals surface area contributed by atoms with Crippen molar-refractivity contribution in [1.82, 2.24) is 10.3 Å². The fraction of sp³-hybridized carbons (Fsp3) is 0.500. The van der Waals surface area contributed by atoms with Gasteiger partial charge in [-0.2, -0.15) is 0 Å². The molecule has 28 heavy (non-hydrogen) atoms. The number of benzene rings is 1. The van der Waals surface area contributed by atoms with Crippen LogP contribution in [-0.2, 0) is 4.79 Å². The zero-order valence-corrected chi connectivity index (χ0v) is 17.6. The molecule has 0 spiro atoms. The van der Waals surface area contributed by atoms with Crippen molar-refractivity contribution in [2.75, 3.05) is 5.75 Å². The molecule has 1 amide bonds. The van der Waals surface area contributed by atoms with Crippen LogP contribution >= 0.6 is 11.8 Å². The smallest absolute Gasteiger partial charge is 0.276 e. The van der Waals surface area contributed by atoms with E-state index in [9.17, 15) is 4.79 Å². The summed E-state index contributed by atoms with van der Waals surface area (Å²) in [4.78, 5) is 18.1. The third-order valence-electron chi connectivity index (χ3n) is 5.78. The quantitative estimate of drug-likeness (QED) is 0.629. The second-order valence-electron chi connectivity index (χ2n) is 7.95. The number of hydrogen-bond donors (Lipinski definition) is 1. The minimum atomic E-state index is -0.142. The van der Waals surface area contributed by atoms with E-state index in [1.807, 2.05) is 29.3 Å². The van der Waals surface area contributed by atoms with Crippen LogP contribution in [0.25, 0.3) is 5.70 Å². The molecule has 2 aliphatic heterocycles. The maximum absolute atomic E-state index is 13.1. The van der Waals surface area contributed by atoms with Crippen LogP contribution in [0.1, 0.15) is 46.5 Å². The predicted octanol–water partition coefficient (Wildman–Crippen LogP) is 2.98. The Balaban J connectivity index is 1.78. The lowest BCUT2D eigenvalue weighted by Crippen LogP contribution is -2.55. The molecule has 0 aromatic heterocycles. The van der Waals surface area contributed by atoms with Gasteiger partial charge in [-0.1, -0.05) is 61.9 Å². The minimum absolute atomic E-state index is 0.0727. The van der Waals surface area contributed by atoms with Gasteiger partial charge in [0.05, 0.1) is 5.36 Å². The Morgan fingerprint density at radius 2 is 2.14 bits per heavy atom. The Morgan fingerprint density at radius 1 is 1.32 bits per heavy atom. The Morgan fingerprint density at radius 3 is 2.93 bits per heavy atom. The fourth-order valence-electron chi connectivity index (χ4n) is 4.24. The summed E-state index contributed by atoms with van der Waals surface area (Å²) in [5, 5.41) is 12.2. The number of carbonyl (C=O) groups is 1. The van der Waals surface area contributed by atoms with Crippen molar-refractivity contribution in [3.63, 3.8) is 0 Å². The first-order valence-electron chi connectivity index (χ1n) is 10.2. The van der Waals surface area contributed by atoms with E-state index in [1.165, 1.54) is 5.57 Å². The summed E-state index contributed by atoms with van der Waals surface area (Å²) < 4.78 is 0. The van der Waals surface area contributed by atoms with Gasteiger partial charge < -0.3 is 0 Å². The summed E-state index contributed by atoms with van der Waals surface area (Å²) in [6.07, 6.45) is 6.47. The van der Waals surface area contributed by atoms with Gasteiger partial charge in [0, 0.05) is 16.9 Å². The van der Waals surface area contributed by atoms with Gasteiger partial charge in [0.15, 0.2) is 5.17 Å². The lowest BCUT2D eigenvalue weighted by Gasteiger charge is -2.40. The van der Waals surface area contributed by atoms with Gasteiger partial charge in [0.25, 0.3) is 5.91 Å². The van der Waals surface area contributed by atoms with Crippen molar-refractivity contribution in [1.29, 1.82) is 0 Å². The van der Waals surface area contributed by atoms with Crippen LogP contribution in [0.2, 0.25) is 0 Å². The number of nitrogens with one attached hydrogen (secondary N) is 1. The van der Waals surface area contributed by atoms with Gasteiger partial charge in [-0.05, 0) is 38.2 Å². The average Bonchev–Trinajstić information content (AvgIpc) is 2.67. The Hall–Kier alpha value is -2.08. The number of rotatable bonds is 4. The largest absolute Gasteiger partial charge is 0.298 e. The van der Waals surface area contributed by atoms with E-state index in [0.29, 0.717) is 22.7 Å². The highest BCUT2D eigenvalue weighted by atomic mass is 32.2. The number of hydrogen-bond acceptors (Lipinski definition) is 5. The molecule has 6 heteroatoms. The summed E-state index contributed by atoms with van der Waals surface area (Å²) in [6, 6.07) is 7.91. The average molecular weight is 397 g/mol. The summed E-state index contributed by atoms with van der Waals surface area (Å²) in [5.41, 5.74) is 2.08. The molecule has 1 aromatic rings. The molecule has 0 saturated heterocycles. The molecule has 0 unspecified atom stereocenters. The standard InChI is InChI=1S/C22H28N4OS/c1-4-5-12-28-22-24-21(27)19-17-8-6-7-9-18(17)23-20(26(19)25-22)16-11-10-14(2)13-15(16)3/h6-10,15-16,20H,4-5,11-13H2,1-3H3,(H,24,25,27)/t15-,16-,20+/m1/s1. The van der Waals surface area contributed by atoms with Gasteiger partial charge in [0.1, 0.15) is 11.9 Å². The fourth-order valence-corrected chi connectivity index (χ4v) is 5.17. The van der Waals surface area contributed by atoms with Crippen molar-refractivity contribution in [2.24, 2.45) is 21.9 Å². The predicted molar refractivity (Wildman–Crippen MR) is 115 cm³/mol. The molecule has 3 aliphatic rings. The number of hydrazone groups is 1. The van der Waals surface area contributed by atoms with E-state index in [0.717, 1.165) is 42.0 Å². The van der Waals surface area contributed by atoms with Gasteiger partial charge in [-0.15, -0.1) is 5.10 Å². The third-order valence-corrected chi connectivity index (χ3v) is 6.73. The normalized spacial score (nSPS) is 26.5. The van der Waals surface area contributed by atoms with Crippen molar-refractivity contribution in [3.8, 4) is 0 Å². The van der Waals surface area contributed by atoms with Crippen LogP contribution in [-0.4, -0.2) is 28.0 Å². The molecule has 2 heterocycles. The molecule has 0 radical (unpaired) electrons. The Bertz CT molecular complexity index is 952. The maximum atomic E-state index is 13.1. The first-order valence-corrected chi connectivity index (χ1v) is 11.2. The number of unbranched alkanes of at least 4 members (excludes halogenated alkanes) is 1. The SMILES string of the molecule is CCCCSC1=NN2C(=c3ccccc3=N[C@@H]2[C@@H]2CC=C(C)C[C@H]2C)C(=O)N1. The molecule has 3 atom stereocenters. The monoisotopic (exact) mass is 396 g/mol. The van der Waals surface area contributed by atoms with Crippen LogP contribution in [0, 0.1) is 11.8 Å². The molecule has 5 nitrogen and oxygen atoms in total. The zero-order valence-electron chi connectivity index (χ0n) is 16.8. The van der Waals surface area contributed by atoms with Gasteiger partial charge >= 0.3 is 0 Å². The number of para-hydroxylation sites is 1. The molecule has 0 bridgehead atoms. The Labute approximate surface area is 170 Å². The highest BCUT2D eigenvalue weighted by Gasteiger charge is 2.39. The van der Waals surface area contributed by atoms with Crippen LogP contribution < -0.4 is 15.9 Å². The van der Waals surface area contributed by atoms with Crippen LogP contribution in [0.5, 0.6) is 0 Å². The van der Waals surface area contributed by atoms with Crippen LogP contribution in [0.3, 0.4) is 0 Å². The van der Waals surface area contributed by atoms with Crippen molar-refractivity contribution < 1.29 is 4.79 Å². The highest BCUT2D eigenvalue weighted by molar-refractivity contribution is 8.13. The first-order chi connectivity index (χ1) is 13.6. The van der Waals surface area contributed by atoms with Gasteiger partial charge in [-0.3, -0.25) is 15.1 Å². The molecule has 148 valence electrons. The molecule has 1 N–H and O–H groups in total. The lowest BCUT2D eigenvalue weighted by atomic mass is 9.79. The van der Waals surface area contributed by atoms with Crippen molar-refractivity contribution >= 4 is 28.5 Å². The second kappa shape index (κ2) is 8.11. The third kappa shape index (κ3) is 3.62. The first kappa shape index (κ1) is 19.2. The van der Waals surface area contributed by atoms with E-state index in [1.54, 1.807) is 11.8 Å². The van der Waals surface area contributed by atoms with E-state index in [-0.39, 0.29) is 12.1 Å². The zero-order chi connectivity index (χ0) is 19.7. The minimum Gasteiger partial charge on any atom is -0.298 e. The summed E-state index contributed by atoms with van der Waals surface area (Å²) in [5.74, 6) is 1.72. The molecule has 0 saturated carbocycles. The highest BCUT2D eigenvalue weighted by Crippen LogP contribution is 2.36. The van der Waals surface area contributed by atoms with E-state index in [2.05, 4.69) is 32.2 Å². The van der Waals surface area contributed by atoms with E-state index < -0.39 is 0 Å². The number of nitrogens with zero attached hydrogens (tertiary/aromatic N) is 3. The Kier molecular flexibility index (Phi) is 5.58. The molecule has 4 rings (SSSR count). The van der Waals surface area contributed by atoms with Gasteiger partial charge in [0.2, 0.25) is 0 Å². The number of allylic oxidation sites excluding steroid dienone is 2. The number of fused-ring (bicyclic) bond motifs is 2. The van der Waals surface area contributed by atoms with E-state index in [4.69, 9.17) is 10.1 Å². The summed E-state index contributed by atoms with van der Waals surface area (Å²) >= 11 is 1.62.